The summed E-state index contributed by atoms with van der Waals surface area (Å²) in [5, 5.41) is 12.9. The van der Waals surface area contributed by atoms with Crippen LogP contribution in [0.25, 0.3) is 0 Å². The highest BCUT2D eigenvalue weighted by atomic mass is 16.3. The van der Waals surface area contributed by atoms with Gasteiger partial charge in [0.2, 0.25) is 0 Å². The number of aliphatic hydroxyl groups is 1. The van der Waals surface area contributed by atoms with Gasteiger partial charge in [-0.05, 0) is 46.5 Å². The second kappa shape index (κ2) is 3.75. The van der Waals surface area contributed by atoms with Crippen LogP contribution in [-0.2, 0) is 0 Å². The fraction of sp³-hybridized carbons (Fsp3) is 1.00. The van der Waals surface area contributed by atoms with E-state index in [0.717, 1.165) is 25.7 Å². The first kappa shape index (κ1) is 10.0. The first-order valence-corrected chi connectivity index (χ1v) is 4.93. The van der Waals surface area contributed by atoms with Crippen LogP contribution in [0.3, 0.4) is 0 Å². The van der Waals surface area contributed by atoms with Crippen molar-refractivity contribution < 1.29 is 5.11 Å². The molecule has 1 saturated carbocycles. The summed E-state index contributed by atoms with van der Waals surface area (Å²) in [6.45, 7) is 6.58. The van der Waals surface area contributed by atoms with Crippen molar-refractivity contribution in [1.29, 1.82) is 0 Å². The fourth-order valence-corrected chi connectivity index (χ4v) is 1.83. The Morgan fingerprint density at radius 2 is 1.58 bits per heavy atom. The van der Waals surface area contributed by atoms with E-state index in [1.54, 1.807) is 0 Å². The van der Waals surface area contributed by atoms with Crippen LogP contribution >= 0.6 is 0 Å². The van der Waals surface area contributed by atoms with Gasteiger partial charge in [0.1, 0.15) is 0 Å². The summed E-state index contributed by atoms with van der Waals surface area (Å²) in [7, 11) is 0. The molecule has 2 heteroatoms. The zero-order chi connectivity index (χ0) is 9.19. The predicted octanol–water partition coefficient (Wildman–Crippen LogP) is 1.68. The third-order valence-corrected chi connectivity index (χ3v) is 2.33. The monoisotopic (exact) mass is 171 g/mol. The van der Waals surface area contributed by atoms with E-state index in [0.29, 0.717) is 6.04 Å². The zero-order valence-corrected chi connectivity index (χ0v) is 8.43. The van der Waals surface area contributed by atoms with E-state index in [-0.39, 0.29) is 11.6 Å². The van der Waals surface area contributed by atoms with Crippen molar-refractivity contribution in [2.45, 2.75) is 64.1 Å². The van der Waals surface area contributed by atoms with Gasteiger partial charge < -0.3 is 10.4 Å². The molecule has 2 nitrogen and oxygen atoms in total. The van der Waals surface area contributed by atoms with Crippen LogP contribution < -0.4 is 5.32 Å². The molecule has 0 radical (unpaired) electrons. The third kappa shape index (κ3) is 3.55. The van der Waals surface area contributed by atoms with Gasteiger partial charge in [0.25, 0.3) is 0 Å². The maximum absolute atomic E-state index is 9.30. The highest BCUT2D eigenvalue weighted by molar-refractivity contribution is 4.82. The highest BCUT2D eigenvalue weighted by Crippen LogP contribution is 2.20. The van der Waals surface area contributed by atoms with Crippen LogP contribution in [-0.4, -0.2) is 22.8 Å². The molecule has 0 aromatic heterocycles. The van der Waals surface area contributed by atoms with Gasteiger partial charge >= 0.3 is 0 Å². The smallest absolute Gasteiger partial charge is 0.0541 e. The molecule has 0 amide bonds. The Morgan fingerprint density at radius 1 is 1.08 bits per heavy atom. The summed E-state index contributed by atoms with van der Waals surface area (Å²) < 4.78 is 0. The Morgan fingerprint density at radius 3 is 2.00 bits per heavy atom. The molecule has 1 aliphatic carbocycles. The van der Waals surface area contributed by atoms with Crippen molar-refractivity contribution in [2.24, 2.45) is 0 Å². The second-order valence-corrected chi connectivity index (χ2v) is 4.90. The standard InChI is InChI=1S/C10H21NO/c1-10(2,3)11-8-4-6-9(12)7-5-8/h8-9,11-12H,4-7H2,1-3H3/t8-,9+. The zero-order valence-electron chi connectivity index (χ0n) is 8.43. The van der Waals surface area contributed by atoms with Crippen molar-refractivity contribution in [1.82, 2.24) is 5.32 Å². The van der Waals surface area contributed by atoms with E-state index in [4.69, 9.17) is 0 Å². The van der Waals surface area contributed by atoms with Crippen LogP contribution in [0.5, 0.6) is 0 Å². The molecule has 1 rings (SSSR count). The normalized spacial score (nSPS) is 32.0. The van der Waals surface area contributed by atoms with Gasteiger partial charge in [-0.25, -0.2) is 0 Å². The SMILES string of the molecule is CC(C)(C)N[C@H]1CC[C@@H](O)CC1. The second-order valence-electron chi connectivity index (χ2n) is 4.90. The summed E-state index contributed by atoms with van der Waals surface area (Å²) >= 11 is 0. The lowest BCUT2D eigenvalue weighted by Gasteiger charge is -2.32. The van der Waals surface area contributed by atoms with Gasteiger partial charge in [-0.15, -0.1) is 0 Å². The molecule has 0 aromatic rings. The van der Waals surface area contributed by atoms with Crippen molar-refractivity contribution in [3.05, 3.63) is 0 Å². The van der Waals surface area contributed by atoms with Gasteiger partial charge in [0.15, 0.2) is 0 Å². The topological polar surface area (TPSA) is 32.3 Å². The summed E-state index contributed by atoms with van der Waals surface area (Å²) in [6.07, 6.45) is 4.14. The molecule has 0 bridgehead atoms. The average Bonchev–Trinajstić information content (AvgIpc) is 1.91. The molecule has 0 aliphatic heterocycles. The third-order valence-electron chi connectivity index (χ3n) is 2.33. The maximum atomic E-state index is 9.30. The summed E-state index contributed by atoms with van der Waals surface area (Å²) in [5.74, 6) is 0. The number of hydrogen-bond acceptors (Lipinski definition) is 2. The quantitative estimate of drug-likeness (QED) is 0.629. The molecular formula is C10H21NO. The lowest BCUT2D eigenvalue weighted by molar-refractivity contribution is 0.111. The Balaban J connectivity index is 2.26. The molecule has 1 fully saturated rings. The summed E-state index contributed by atoms with van der Waals surface area (Å²) in [6, 6.07) is 0.619. The van der Waals surface area contributed by atoms with Crippen molar-refractivity contribution in [2.75, 3.05) is 0 Å². The van der Waals surface area contributed by atoms with Gasteiger partial charge in [0, 0.05) is 11.6 Å². The molecule has 0 saturated heterocycles. The van der Waals surface area contributed by atoms with E-state index < -0.39 is 0 Å². The summed E-state index contributed by atoms with van der Waals surface area (Å²) in [4.78, 5) is 0. The molecule has 0 heterocycles. The lowest BCUT2D eigenvalue weighted by atomic mass is 9.91. The van der Waals surface area contributed by atoms with Gasteiger partial charge in [-0.3, -0.25) is 0 Å². The van der Waals surface area contributed by atoms with Crippen molar-refractivity contribution in [3.63, 3.8) is 0 Å². The van der Waals surface area contributed by atoms with Crippen LogP contribution in [0.2, 0.25) is 0 Å². The van der Waals surface area contributed by atoms with Crippen LogP contribution in [0.1, 0.15) is 46.5 Å². The van der Waals surface area contributed by atoms with Crippen LogP contribution in [0.15, 0.2) is 0 Å². The first-order chi connectivity index (χ1) is 5.47. The minimum Gasteiger partial charge on any atom is -0.393 e. The van der Waals surface area contributed by atoms with E-state index in [9.17, 15) is 5.11 Å². The molecule has 2 N–H and O–H groups in total. The Labute approximate surface area is 75.4 Å². The molecule has 0 spiro atoms. The van der Waals surface area contributed by atoms with Crippen LogP contribution in [0, 0.1) is 0 Å². The number of hydrogen-bond donors (Lipinski definition) is 2. The minimum atomic E-state index is -0.0389. The largest absolute Gasteiger partial charge is 0.393 e. The number of aliphatic hydroxyl groups excluding tert-OH is 1. The summed E-state index contributed by atoms with van der Waals surface area (Å²) in [5.41, 5.74) is 0.215. The van der Waals surface area contributed by atoms with Crippen molar-refractivity contribution >= 4 is 0 Å². The van der Waals surface area contributed by atoms with Crippen molar-refractivity contribution in [3.8, 4) is 0 Å². The van der Waals surface area contributed by atoms with Gasteiger partial charge in [0.05, 0.1) is 6.10 Å². The van der Waals surface area contributed by atoms with E-state index in [2.05, 4.69) is 26.1 Å². The fourth-order valence-electron chi connectivity index (χ4n) is 1.83. The van der Waals surface area contributed by atoms with E-state index >= 15 is 0 Å². The first-order valence-electron chi connectivity index (χ1n) is 4.93. The molecule has 12 heavy (non-hydrogen) atoms. The molecule has 72 valence electrons. The number of rotatable bonds is 1. The maximum Gasteiger partial charge on any atom is 0.0541 e. The Kier molecular flexibility index (Phi) is 3.13. The van der Waals surface area contributed by atoms with Crippen LogP contribution in [0.4, 0.5) is 0 Å². The minimum absolute atomic E-state index is 0.0389. The van der Waals surface area contributed by atoms with Gasteiger partial charge in [-0.1, -0.05) is 0 Å². The molecule has 0 unspecified atom stereocenters. The van der Waals surface area contributed by atoms with E-state index in [1.807, 2.05) is 0 Å². The number of nitrogens with one attached hydrogen (secondary N) is 1. The molecule has 0 aromatic carbocycles. The van der Waals surface area contributed by atoms with Gasteiger partial charge in [-0.2, -0.15) is 0 Å². The Hall–Kier alpha value is -0.0800. The highest BCUT2D eigenvalue weighted by Gasteiger charge is 2.22. The Bertz CT molecular complexity index is 131. The van der Waals surface area contributed by atoms with E-state index in [1.165, 1.54) is 0 Å². The molecule has 0 atom stereocenters. The average molecular weight is 171 g/mol. The predicted molar refractivity (Wildman–Crippen MR) is 51.2 cm³/mol. The molecule has 1 aliphatic rings. The lowest BCUT2D eigenvalue weighted by Crippen LogP contribution is -2.45. The molecular weight excluding hydrogens is 150 g/mol.